The third-order valence-corrected chi connectivity index (χ3v) is 4.10. The summed E-state index contributed by atoms with van der Waals surface area (Å²) < 4.78 is 0. The SMILES string of the molecule is Nc1ccc2nc(CC(=O)NCCc3nccs3)ccc2c1. The maximum absolute atomic E-state index is 11.9. The minimum absolute atomic E-state index is 0.0288. The number of amides is 1. The molecule has 0 aliphatic heterocycles. The van der Waals surface area contributed by atoms with E-state index < -0.39 is 0 Å². The molecule has 5 nitrogen and oxygen atoms in total. The molecule has 2 aromatic heterocycles. The van der Waals surface area contributed by atoms with Gasteiger partial charge in [-0.1, -0.05) is 6.07 Å². The van der Waals surface area contributed by atoms with Gasteiger partial charge < -0.3 is 11.1 Å². The first-order valence-electron chi connectivity index (χ1n) is 7.01. The number of pyridine rings is 1. The molecule has 0 saturated carbocycles. The van der Waals surface area contributed by atoms with Crippen molar-refractivity contribution in [3.63, 3.8) is 0 Å². The van der Waals surface area contributed by atoms with Crippen molar-refractivity contribution in [3.05, 3.63) is 52.6 Å². The molecule has 112 valence electrons. The number of nitrogen functional groups attached to an aromatic ring is 1. The van der Waals surface area contributed by atoms with Gasteiger partial charge in [0.05, 0.1) is 22.6 Å². The molecule has 0 unspecified atom stereocenters. The molecule has 0 saturated heterocycles. The molecular formula is C16H16N4OS. The molecule has 0 bridgehead atoms. The fourth-order valence-corrected chi connectivity index (χ4v) is 2.82. The summed E-state index contributed by atoms with van der Waals surface area (Å²) in [5.74, 6) is -0.0288. The Bertz CT molecular complexity index is 786. The second-order valence-corrected chi connectivity index (χ2v) is 5.94. The van der Waals surface area contributed by atoms with Crippen molar-refractivity contribution in [2.24, 2.45) is 0 Å². The minimum atomic E-state index is -0.0288. The van der Waals surface area contributed by atoms with Gasteiger partial charge in [-0.3, -0.25) is 9.78 Å². The quantitative estimate of drug-likeness (QED) is 0.708. The predicted octanol–water partition coefficient (Wildman–Crippen LogP) is 2.17. The van der Waals surface area contributed by atoms with Crippen LogP contribution in [0.4, 0.5) is 5.69 Å². The number of hydrogen-bond donors (Lipinski definition) is 2. The Morgan fingerprint density at radius 2 is 2.18 bits per heavy atom. The van der Waals surface area contributed by atoms with Gasteiger partial charge in [-0.25, -0.2) is 4.98 Å². The molecule has 22 heavy (non-hydrogen) atoms. The summed E-state index contributed by atoms with van der Waals surface area (Å²) in [5, 5.41) is 6.84. The molecule has 6 heteroatoms. The average molecular weight is 312 g/mol. The van der Waals surface area contributed by atoms with E-state index in [1.807, 2.05) is 35.7 Å². The summed E-state index contributed by atoms with van der Waals surface area (Å²) in [6, 6.07) is 9.36. The van der Waals surface area contributed by atoms with Crippen LogP contribution in [-0.4, -0.2) is 22.4 Å². The summed E-state index contributed by atoms with van der Waals surface area (Å²) >= 11 is 1.60. The molecule has 3 N–H and O–H groups in total. The van der Waals surface area contributed by atoms with Crippen LogP contribution in [0.5, 0.6) is 0 Å². The number of aromatic nitrogens is 2. The van der Waals surface area contributed by atoms with Crippen molar-refractivity contribution in [1.82, 2.24) is 15.3 Å². The Morgan fingerprint density at radius 3 is 3.00 bits per heavy atom. The number of thiazole rings is 1. The van der Waals surface area contributed by atoms with Crippen LogP contribution >= 0.6 is 11.3 Å². The number of anilines is 1. The first kappa shape index (κ1) is 14.5. The van der Waals surface area contributed by atoms with Crippen LogP contribution < -0.4 is 11.1 Å². The summed E-state index contributed by atoms with van der Waals surface area (Å²) in [7, 11) is 0. The third-order valence-electron chi connectivity index (χ3n) is 3.26. The molecular weight excluding hydrogens is 296 g/mol. The summed E-state index contributed by atoms with van der Waals surface area (Å²) in [6.45, 7) is 0.594. The van der Waals surface area contributed by atoms with Crippen LogP contribution in [0.1, 0.15) is 10.7 Å². The van der Waals surface area contributed by atoms with Gasteiger partial charge in [0.15, 0.2) is 0 Å². The van der Waals surface area contributed by atoms with Gasteiger partial charge in [-0.2, -0.15) is 0 Å². The lowest BCUT2D eigenvalue weighted by atomic mass is 10.1. The number of carbonyl (C=O) groups is 1. The standard InChI is InChI=1S/C16H16N4OS/c17-12-2-4-14-11(9-12)1-3-13(20-14)10-15(21)18-6-5-16-19-7-8-22-16/h1-4,7-9H,5-6,10,17H2,(H,18,21). The van der Waals surface area contributed by atoms with Gasteiger partial charge in [0.25, 0.3) is 0 Å². The normalized spacial score (nSPS) is 10.7. The fourth-order valence-electron chi connectivity index (χ4n) is 2.20. The van der Waals surface area contributed by atoms with Gasteiger partial charge in [0.1, 0.15) is 0 Å². The minimum Gasteiger partial charge on any atom is -0.399 e. The lowest BCUT2D eigenvalue weighted by molar-refractivity contribution is -0.120. The Kier molecular flexibility index (Phi) is 4.29. The highest BCUT2D eigenvalue weighted by molar-refractivity contribution is 7.09. The van der Waals surface area contributed by atoms with Gasteiger partial charge in [-0.15, -0.1) is 11.3 Å². The van der Waals surface area contributed by atoms with E-state index in [2.05, 4.69) is 15.3 Å². The van der Waals surface area contributed by atoms with E-state index in [-0.39, 0.29) is 12.3 Å². The van der Waals surface area contributed by atoms with Crippen molar-refractivity contribution in [2.75, 3.05) is 12.3 Å². The summed E-state index contributed by atoms with van der Waals surface area (Å²) in [5.41, 5.74) is 8.05. The van der Waals surface area contributed by atoms with E-state index in [0.29, 0.717) is 12.2 Å². The molecule has 0 atom stereocenters. The van der Waals surface area contributed by atoms with Gasteiger partial charge in [0.2, 0.25) is 5.91 Å². The van der Waals surface area contributed by atoms with Crippen LogP contribution in [-0.2, 0) is 17.6 Å². The number of nitrogens with two attached hydrogens (primary N) is 1. The number of nitrogens with zero attached hydrogens (tertiary/aromatic N) is 2. The van der Waals surface area contributed by atoms with Gasteiger partial charge >= 0.3 is 0 Å². The van der Waals surface area contributed by atoms with Crippen LogP contribution in [0.25, 0.3) is 10.9 Å². The molecule has 0 aliphatic rings. The second kappa shape index (κ2) is 6.53. The van der Waals surface area contributed by atoms with E-state index in [4.69, 9.17) is 5.73 Å². The third kappa shape index (κ3) is 3.59. The zero-order chi connectivity index (χ0) is 15.4. The smallest absolute Gasteiger partial charge is 0.226 e. The van der Waals surface area contributed by atoms with E-state index in [1.165, 1.54) is 0 Å². The van der Waals surface area contributed by atoms with Gasteiger partial charge in [-0.05, 0) is 24.3 Å². The van der Waals surface area contributed by atoms with E-state index >= 15 is 0 Å². The average Bonchev–Trinajstić information content (AvgIpc) is 3.01. The van der Waals surface area contributed by atoms with E-state index in [0.717, 1.165) is 28.0 Å². The Labute approximate surface area is 132 Å². The van der Waals surface area contributed by atoms with E-state index in [9.17, 15) is 4.79 Å². The maximum Gasteiger partial charge on any atom is 0.226 e. The molecule has 1 amide bonds. The monoisotopic (exact) mass is 312 g/mol. The largest absolute Gasteiger partial charge is 0.399 e. The summed E-state index contributed by atoms with van der Waals surface area (Å²) in [4.78, 5) is 20.6. The van der Waals surface area contributed by atoms with Crippen molar-refractivity contribution in [1.29, 1.82) is 0 Å². The number of rotatable bonds is 5. The fraction of sp³-hybridized carbons (Fsp3) is 0.188. The number of carbonyl (C=O) groups excluding carboxylic acids is 1. The second-order valence-electron chi connectivity index (χ2n) is 4.96. The van der Waals surface area contributed by atoms with Crippen LogP contribution in [0.2, 0.25) is 0 Å². The molecule has 0 aliphatic carbocycles. The summed E-state index contributed by atoms with van der Waals surface area (Å²) in [6.07, 6.45) is 2.81. The van der Waals surface area contributed by atoms with E-state index in [1.54, 1.807) is 17.5 Å². The molecule has 0 spiro atoms. The Hall–Kier alpha value is -2.47. The first-order chi connectivity index (χ1) is 10.7. The first-order valence-corrected chi connectivity index (χ1v) is 7.89. The van der Waals surface area contributed by atoms with Gasteiger partial charge in [0, 0.05) is 35.6 Å². The number of nitrogens with one attached hydrogen (secondary N) is 1. The zero-order valence-electron chi connectivity index (χ0n) is 12.0. The highest BCUT2D eigenvalue weighted by Gasteiger charge is 2.06. The molecule has 1 aromatic carbocycles. The molecule has 0 radical (unpaired) electrons. The van der Waals surface area contributed by atoms with Crippen molar-refractivity contribution < 1.29 is 4.79 Å². The Balaban J connectivity index is 1.57. The van der Waals surface area contributed by atoms with Crippen LogP contribution in [0.3, 0.4) is 0 Å². The highest BCUT2D eigenvalue weighted by atomic mass is 32.1. The maximum atomic E-state index is 11.9. The molecule has 3 aromatic rings. The van der Waals surface area contributed by atoms with Crippen molar-refractivity contribution >= 4 is 33.8 Å². The predicted molar refractivity (Wildman–Crippen MR) is 88.7 cm³/mol. The lowest BCUT2D eigenvalue weighted by Gasteiger charge is -2.05. The lowest BCUT2D eigenvalue weighted by Crippen LogP contribution is -2.27. The number of hydrogen-bond acceptors (Lipinski definition) is 5. The van der Waals surface area contributed by atoms with Crippen molar-refractivity contribution in [3.8, 4) is 0 Å². The molecule has 2 heterocycles. The molecule has 3 rings (SSSR count). The Morgan fingerprint density at radius 1 is 1.27 bits per heavy atom. The zero-order valence-corrected chi connectivity index (χ0v) is 12.8. The van der Waals surface area contributed by atoms with Crippen LogP contribution in [0.15, 0.2) is 41.9 Å². The number of benzene rings is 1. The molecule has 0 fully saturated rings. The highest BCUT2D eigenvalue weighted by Crippen LogP contribution is 2.16. The number of fused-ring (bicyclic) bond motifs is 1. The van der Waals surface area contributed by atoms with Crippen LogP contribution in [0, 0.1) is 0 Å². The van der Waals surface area contributed by atoms with Crippen molar-refractivity contribution in [2.45, 2.75) is 12.8 Å². The topological polar surface area (TPSA) is 80.9 Å².